The first-order chi connectivity index (χ1) is 10.3. The van der Waals surface area contributed by atoms with Crippen molar-refractivity contribution in [2.24, 2.45) is 0 Å². The molecule has 22 heavy (non-hydrogen) atoms. The molecule has 1 amide bonds. The van der Waals surface area contributed by atoms with Crippen molar-refractivity contribution in [3.8, 4) is 0 Å². The number of carbonyl (C=O) groups is 1. The van der Waals surface area contributed by atoms with E-state index in [1.165, 1.54) is 6.92 Å². The predicted octanol–water partition coefficient (Wildman–Crippen LogP) is 1.74. The number of amides is 1. The van der Waals surface area contributed by atoms with Gasteiger partial charge >= 0.3 is 0 Å². The molecule has 2 N–H and O–H groups in total. The highest BCUT2D eigenvalue weighted by atomic mass is 19.2. The highest BCUT2D eigenvalue weighted by molar-refractivity contribution is 5.80. The van der Waals surface area contributed by atoms with Crippen molar-refractivity contribution in [3.05, 3.63) is 35.1 Å². The second kappa shape index (κ2) is 6.66. The number of hydrogen-bond donors (Lipinski definition) is 2. The summed E-state index contributed by atoms with van der Waals surface area (Å²) < 4.78 is 40.1. The maximum Gasteiger partial charge on any atom is 0.248 e. The number of benzene rings is 1. The SMILES string of the molecule is CCN1CC[C@H](NC(=O)[C@H](C)O)[C@H]1c1cc(F)c(F)c(F)c1. The van der Waals surface area contributed by atoms with Gasteiger partial charge in [0.05, 0.1) is 6.04 Å². The van der Waals surface area contributed by atoms with Crippen molar-refractivity contribution in [1.82, 2.24) is 10.2 Å². The van der Waals surface area contributed by atoms with E-state index in [0.717, 1.165) is 12.1 Å². The molecular weight excluding hydrogens is 297 g/mol. The van der Waals surface area contributed by atoms with Crippen molar-refractivity contribution in [1.29, 1.82) is 0 Å². The van der Waals surface area contributed by atoms with Crippen LogP contribution in [-0.2, 0) is 4.79 Å². The van der Waals surface area contributed by atoms with E-state index < -0.39 is 41.5 Å². The summed E-state index contributed by atoms with van der Waals surface area (Å²) >= 11 is 0. The number of aliphatic hydroxyl groups excluding tert-OH is 1. The Morgan fingerprint density at radius 1 is 1.41 bits per heavy atom. The fourth-order valence-electron chi connectivity index (χ4n) is 2.85. The summed E-state index contributed by atoms with van der Waals surface area (Å²) in [6, 6.07) is 1.06. The van der Waals surface area contributed by atoms with Gasteiger partial charge in [0.1, 0.15) is 6.10 Å². The van der Waals surface area contributed by atoms with Crippen LogP contribution in [0.1, 0.15) is 31.9 Å². The lowest BCUT2D eigenvalue weighted by Gasteiger charge is -2.28. The molecule has 1 aromatic rings. The van der Waals surface area contributed by atoms with E-state index in [2.05, 4.69) is 5.32 Å². The molecule has 1 aliphatic heterocycles. The lowest BCUT2D eigenvalue weighted by molar-refractivity contribution is -0.129. The second-order valence-electron chi connectivity index (χ2n) is 5.45. The Morgan fingerprint density at radius 3 is 2.50 bits per heavy atom. The molecule has 0 aromatic heterocycles. The molecule has 0 bridgehead atoms. The van der Waals surface area contributed by atoms with Gasteiger partial charge in [-0.25, -0.2) is 13.2 Å². The first-order valence-electron chi connectivity index (χ1n) is 7.22. The van der Waals surface area contributed by atoms with E-state index in [9.17, 15) is 23.1 Å². The molecule has 122 valence electrons. The molecule has 1 heterocycles. The van der Waals surface area contributed by atoms with Gasteiger partial charge in [0.15, 0.2) is 17.5 Å². The number of rotatable bonds is 4. The van der Waals surface area contributed by atoms with Crippen LogP contribution in [0.15, 0.2) is 12.1 Å². The van der Waals surface area contributed by atoms with Gasteiger partial charge in [-0.1, -0.05) is 6.92 Å². The van der Waals surface area contributed by atoms with Crippen LogP contribution in [0.2, 0.25) is 0 Å². The van der Waals surface area contributed by atoms with Gasteiger partial charge in [-0.15, -0.1) is 0 Å². The second-order valence-corrected chi connectivity index (χ2v) is 5.45. The Hall–Kier alpha value is -1.60. The minimum atomic E-state index is -1.51. The Kier molecular flexibility index (Phi) is 5.08. The average molecular weight is 316 g/mol. The van der Waals surface area contributed by atoms with Crippen LogP contribution in [0.5, 0.6) is 0 Å². The minimum Gasteiger partial charge on any atom is -0.384 e. The third-order valence-corrected chi connectivity index (χ3v) is 3.96. The molecule has 0 saturated carbocycles. The highest BCUT2D eigenvalue weighted by Crippen LogP contribution is 2.33. The molecule has 4 nitrogen and oxygen atoms in total. The summed E-state index contributed by atoms with van der Waals surface area (Å²) in [6.07, 6.45) is -0.588. The van der Waals surface area contributed by atoms with Gasteiger partial charge in [-0.3, -0.25) is 9.69 Å². The number of likely N-dealkylation sites (tertiary alicyclic amines) is 1. The maximum absolute atomic E-state index is 13.5. The van der Waals surface area contributed by atoms with E-state index in [4.69, 9.17) is 0 Å². The van der Waals surface area contributed by atoms with Crippen LogP contribution in [-0.4, -0.2) is 41.1 Å². The number of carbonyl (C=O) groups excluding carboxylic acids is 1. The summed E-state index contributed by atoms with van der Waals surface area (Å²) in [4.78, 5) is 13.6. The van der Waals surface area contributed by atoms with Crippen LogP contribution in [0.4, 0.5) is 13.2 Å². The topological polar surface area (TPSA) is 52.6 Å². The van der Waals surface area contributed by atoms with Gasteiger partial charge in [-0.2, -0.15) is 0 Å². The van der Waals surface area contributed by atoms with Crippen molar-refractivity contribution < 1.29 is 23.1 Å². The number of aliphatic hydroxyl groups is 1. The zero-order valence-electron chi connectivity index (χ0n) is 12.4. The molecule has 1 saturated heterocycles. The minimum absolute atomic E-state index is 0.270. The van der Waals surface area contributed by atoms with Crippen molar-refractivity contribution >= 4 is 5.91 Å². The summed E-state index contributed by atoms with van der Waals surface area (Å²) in [5.41, 5.74) is 0.270. The third kappa shape index (κ3) is 3.25. The molecule has 0 spiro atoms. The third-order valence-electron chi connectivity index (χ3n) is 3.96. The number of nitrogens with zero attached hydrogens (tertiary/aromatic N) is 1. The lowest BCUT2D eigenvalue weighted by Crippen LogP contribution is -2.43. The van der Waals surface area contributed by atoms with Gasteiger partial charge in [0.2, 0.25) is 5.91 Å². The number of hydrogen-bond acceptors (Lipinski definition) is 3. The fourth-order valence-corrected chi connectivity index (χ4v) is 2.85. The van der Waals surface area contributed by atoms with Crippen LogP contribution in [0.25, 0.3) is 0 Å². The van der Waals surface area contributed by atoms with Crippen molar-refractivity contribution in [2.45, 2.75) is 38.5 Å². The molecule has 1 aliphatic rings. The van der Waals surface area contributed by atoms with Crippen LogP contribution < -0.4 is 5.32 Å². The van der Waals surface area contributed by atoms with Gasteiger partial charge in [0, 0.05) is 12.6 Å². The predicted molar refractivity (Wildman–Crippen MR) is 74.5 cm³/mol. The van der Waals surface area contributed by atoms with E-state index >= 15 is 0 Å². The standard InChI is InChI=1S/C15H19F3N2O2/c1-3-20-5-4-12(19-15(22)8(2)21)14(20)9-6-10(16)13(18)11(17)7-9/h6-8,12,14,21H,3-5H2,1-2H3,(H,19,22)/t8-,12-,14+/m0/s1. The molecule has 7 heteroatoms. The summed E-state index contributed by atoms with van der Waals surface area (Å²) in [5.74, 6) is -4.55. The zero-order valence-corrected chi connectivity index (χ0v) is 12.4. The van der Waals surface area contributed by atoms with E-state index in [0.29, 0.717) is 19.5 Å². The summed E-state index contributed by atoms with van der Waals surface area (Å²) in [5, 5.41) is 12.0. The Labute approximate surface area is 126 Å². The van der Waals surface area contributed by atoms with Gasteiger partial charge < -0.3 is 10.4 Å². The first-order valence-corrected chi connectivity index (χ1v) is 7.22. The summed E-state index contributed by atoms with van der Waals surface area (Å²) in [7, 11) is 0. The smallest absolute Gasteiger partial charge is 0.248 e. The van der Waals surface area contributed by atoms with E-state index in [1.54, 1.807) is 0 Å². The number of nitrogens with one attached hydrogen (secondary N) is 1. The normalized spacial score (nSPS) is 23.5. The van der Waals surface area contributed by atoms with E-state index in [-0.39, 0.29) is 5.56 Å². The van der Waals surface area contributed by atoms with Gasteiger partial charge in [-0.05, 0) is 37.6 Å². The maximum atomic E-state index is 13.5. The Balaban J connectivity index is 2.32. The van der Waals surface area contributed by atoms with Crippen LogP contribution in [0, 0.1) is 17.5 Å². The molecule has 0 unspecified atom stereocenters. The Bertz CT molecular complexity index is 543. The van der Waals surface area contributed by atoms with Crippen LogP contribution >= 0.6 is 0 Å². The number of halogens is 3. The molecule has 0 aliphatic carbocycles. The summed E-state index contributed by atoms with van der Waals surface area (Å²) in [6.45, 7) is 4.48. The molecule has 1 fully saturated rings. The van der Waals surface area contributed by atoms with Crippen LogP contribution in [0.3, 0.4) is 0 Å². The largest absolute Gasteiger partial charge is 0.384 e. The average Bonchev–Trinajstić information content (AvgIpc) is 2.86. The molecular formula is C15H19F3N2O2. The number of likely N-dealkylation sites (N-methyl/N-ethyl adjacent to an activating group) is 1. The van der Waals surface area contributed by atoms with Gasteiger partial charge in [0.25, 0.3) is 0 Å². The molecule has 3 atom stereocenters. The van der Waals surface area contributed by atoms with E-state index in [1.807, 2.05) is 11.8 Å². The van der Waals surface area contributed by atoms with Crippen molar-refractivity contribution in [3.63, 3.8) is 0 Å². The zero-order chi connectivity index (χ0) is 16.4. The monoisotopic (exact) mass is 316 g/mol. The Morgan fingerprint density at radius 2 is 2.00 bits per heavy atom. The lowest BCUT2D eigenvalue weighted by atomic mass is 9.99. The molecule has 0 radical (unpaired) electrons. The first kappa shape index (κ1) is 16.8. The molecule has 2 rings (SSSR count). The molecule has 1 aromatic carbocycles. The fraction of sp³-hybridized carbons (Fsp3) is 0.533. The quantitative estimate of drug-likeness (QED) is 0.832. The highest BCUT2D eigenvalue weighted by Gasteiger charge is 2.36. The van der Waals surface area contributed by atoms with Crippen molar-refractivity contribution in [2.75, 3.05) is 13.1 Å².